The third-order valence-electron chi connectivity index (χ3n) is 10.5. The molecule has 0 spiro atoms. The normalized spacial score (nSPS) is 24.8. The van der Waals surface area contributed by atoms with Crippen LogP contribution in [0.2, 0.25) is 0 Å². The summed E-state index contributed by atoms with van der Waals surface area (Å²) in [6.45, 7) is 7.05. The zero-order valence-corrected chi connectivity index (χ0v) is 25.2. The molecule has 1 atom stereocenters. The Morgan fingerprint density at radius 3 is 1.53 bits per heavy atom. The lowest BCUT2D eigenvalue weighted by Crippen LogP contribution is -2.16. The van der Waals surface area contributed by atoms with Gasteiger partial charge in [0.15, 0.2) is 0 Å². The van der Waals surface area contributed by atoms with Crippen molar-refractivity contribution in [1.29, 1.82) is 0 Å². The van der Waals surface area contributed by atoms with Crippen LogP contribution in [-0.4, -0.2) is 0 Å². The highest BCUT2D eigenvalue weighted by molar-refractivity contribution is 5.64. The molecule has 0 heteroatoms. The van der Waals surface area contributed by atoms with Crippen LogP contribution in [0.5, 0.6) is 0 Å². The molecule has 0 heterocycles. The molecule has 0 radical (unpaired) electrons. The van der Waals surface area contributed by atoms with Crippen LogP contribution < -0.4 is 0 Å². The number of hydrogen-bond donors (Lipinski definition) is 0. The Bertz CT molecular complexity index is 875. The summed E-state index contributed by atoms with van der Waals surface area (Å²) in [4.78, 5) is 0. The molecule has 38 heavy (non-hydrogen) atoms. The number of unbranched alkanes of at least 4 members (excludes halogenated alkanes) is 4. The first-order chi connectivity index (χ1) is 18.7. The van der Waals surface area contributed by atoms with Gasteiger partial charge in [0.2, 0.25) is 0 Å². The van der Waals surface area contributed by atoms with Gasteiger partial charge in [-0.2, -0.15) is 0 Å². The summed E-state index contributed by atoms with van der Waals surface area (Å²) in [6, 6.07) is 19.3. The molecule has 2 saturated carbocycles. The number of benzene rings is 2. The SMILES string of the molecule is CCCCCC[C@H]1CC[C@H](c2ccc(-c3ccc([C@H]4CC[C@H](CC(CC)CCCC)CC4)cc3)cc2)CC1. The van der Waals surface area contributed by atoms with E-state index in [1.54, 1.807) is 11.1 Å². The van der Waals surface area contributed by atoms with Gasteiger partial charge >= 0.3 is 0 Å². The Balaban J connectivity index is 1.22. The van der Waals surface area contributed by atoms with Crippen LogP contribution in [0.25, 0.3) is 11.1 Å². The van der Waals surface area contributed by atoms with Crippen molar-refractivity contribution in [3.05, 3.63) is 59.7 Å². The number of rotatable bonds is 14. The van der Waals surface area contributed by atoms with Gasteiger partial charge in [-0.1, -0.05) is 127 Å². The van der Waals surface area contributed by atoms with Crippen molar-refractivity contribution >= 4 is 0 Å². The molecule has 4 rings (SSSR count). The summed E-state index contributed by atoms with van der Waals surface area (Å²) < 4.78 is 0. The number of hydrogen-bond acceptors (Lipinski definition) is 0. The van der Waals surface area contributed by atoms with Crippen molar-refractivity contribution in [1.82, 2.24) is 0 Å². The topological polar surface area (TPSA) is 0 Å². The smallest absolute Gasteiger partial charge is 0.0162 e. The van der Waals surface area contributed by atoms with E-state index in [1.807, 2.05) is 0 Å². The van der Waals surface area contributed by atoms with Crippen LogP contribution in [0.1, 0.15) is 159 Å². The first kappa shape index (κ1) is 29.4. The predicted molar refractivity (Wildman–Crippen MR) is 168 cm³/mol. The lowest BCUT2D eigenvalue weighted by molar-refractivity contribution is 0.256. The molecule has 1 unspecified atom stereocenters. The van der Waals surface area contributed by atoms with Gasteiger partial charge < -0.3 is 0 Å². The Hall–Kier alpha value is -1.56. The molecule has 0 saturated heterocycles. The van der Waals surface area contributed by atoms with Gasteiger partial charge in [-0.25, -0.2) is 0 Å². The Kier molecular flexibility index (Phi) is 12.3. The van der Waals surface area contributed by atoms with E-state index >= 15 is 0 Å². The minimum absolute atomic E-state index is 0.778. The maximum Gasteiger partial charge on any atom is -0.0162 e. The van der Waals surface area contributed by atoms with Crippen molar-refractivity contribution in [3.63, 3.8) is 0 Å². The third kappa shape index (κ3) is 8.72. The van der Waals surface area contributed by atoms with E-state index in [4.69, 9.17) is 0 Å². The van der Waals surface area contributed by atoms with E-state index in [0.717, 1.165) is 29.6 Å². The molecule has 2 aliphatic rings. The fraction of sp³-hybridized carbons (Fsp3) is 0.684. The fourth-order valence-corrected chi connectivity index (χ4v) is 7.72. The summed E-state index contributed by atoms with van der Waals surface area (Å²) in [5.41, 5.74) is 5.91. The van der Waals surface area contributed by atoms with Crippen LogP contribution >= 0.6 is 0 Å². The molecular weight excluding hydrogens is 456 g/mol. The summed E-state index contributed by atoms with van der Waals surface area (Å²) in [7, 11) is 0. The highest BCUT2D eigenvalue weighted by Gasteiger charge is 2.25. The van der Waals surface area contributed by atoms with Crippen molar-refractivity contribution in [2.75, 3.05) is 0 Å². The van der Waals surface area contributed by atoms with Crippen molar-refractivity contribution in [2.24, 2.45) is 17.8 Å². The van der Waals surface area contributed by atoms with E-state index in [0.29, 0.717) is 0 Å². The molecule has 0 aliphatic heterocycles. The van der Waals surface area contributed by atoms with Crippen molar-refractivity contribution in [3.8, 4) is 11.1 Å². The van der Waals surface area contributed by atoms with E-state index in [1.165, 1.54) is 127 Å². The largest absolute Gasteiger partial charge is 0.0654 e. The van der Waals surface area contributed by atoms with Crippen LogP contribution in [0, 0.1) is 17.8 Å². The zero-order chi connectivity index (χ0) is 26.6. The minimum atomic E-state index is 0.778. The second-order valence-corrected chi connectivity index (χ2v) is 13.2. The summed E-state index contributed by atoms with van der Waals surface area (Å²) in [5.74, 6) is 4.51. The average molecular weight is 515 g/mol. The molecule has 2 aromatic rings. The Morgan fingerprint density at radius 1 is 0.553 bits per heavy atom. The predicted octanol–water partition coefficient (Wildman–Crippen LogP) is 12.5. The highest BCUT2D eigenvalue weighted by Crippen LogP contribution is 2.41. The van der Waals surface area contributed by atoms with Crippen LogP contribution in [0.4, 0.5) is 0 Å². The molecule has 0 N–H and O–H groups in total. The van der Waals surface area contributed by atoms with E-state index < -0.39 is 0 Å². The first-order valence-electron chi connectivity index (χ1n) is 16.9. The lowest BCUT2D eigenvalue weighted by atomic mass is 9.74. The van der Waals surface area contributed by atoms with E-state index in [2.05, 4.69) is 69.3 Å². The molecule has 0 bridgehead atoms. The second-order valence-electron chi connectivity index (χ2n) is 13.2. The Morgan fingerprint density at radius 2 is 1.05 bits per heavy atom. The van der Waals surface area contributed by atoms with Gasteiger partial charge in [-0.15, -0.1) is 0 Å². The van der Waals surface area contributed by atoms with Gasteiger partial charge in [0.1, 0.15) is 0 Å². The van der Waals surface area contributed by atoms with E-state index in [-0.39, 0.29) is 0 Å². The maximum absolute atomic E-state index is 2.44. The molecule has 2 fully saturated rings. The standard InChI is InChI=1S/C38H58/c1-4-7-9-10-12-31-13-17-33(18-14-31)35-21-25-37(26-22-35)38-27-23-36(24-28-38)34-19-15-32(16-20-34)29-30(6-3)11-8-5-2/h21-28,30-34H,4-20,29H2,1-3H3/t30?,31-,32-,33-,34-. The first-order valence-corrected chi connectivity index (χ1v) is 16.9. The third-order valence-corrected chi connectivity index (χ3v) is 10.5. The van der Waals surface area contributed by atoms with Gasteiger partial charge in [-0.05, 0) is 110 Å². The lowest BCUT2D eigenvalue weighted by Gasteiger charge is -2.31. The summed E-state index contributed by atoms with van der Waals surface area (Å²) >= 11 is 0. The van der Waals surface area contributed by atoms with Crippen molar-refractivity contribution < 1.29 is 0 Å². The molecule has 2 aromatic carbocycles. The zero-order valence-electron chi connectivity index (χ0n) is 25.2. The molecule has 0 aromatic heterocycles. The van der Waals surface area contributed by atoms with Gasteiger partial charge in [-0.3, -0.25) is 0 Å². The fourth-order valence-electron chi connectivity index (χ4n) is 7.72. The molecule has 0 amide bonds. The molecular formula is C38H58. The summed E-state index contributed by atoms with van der Waals surface area (Å²) in [6.07, 6.45) is 25.6. The molecule has 210 valence electrons. The van der Waals surface area contributed by atoms with Gasteiger partial charge in [0.25, 0.3) is 0 Å². The Labute approximate surface area is 236 Å². The average Bonchev–Trinajstić information content (AvgIpc) is 2.98. The molecule has 2 aliphatic carbocycles. The van der Waals surface area contributed by atoms with Crippen LogP contribution in [0.3, 0.4) is 0 Å². The second kappa shape index (κ2) is 15.9. The monoisotopic (exact) mass is 514 g/mol. The van der Waals surface area contributed by atoms with Crippen LogP contribution in [0.15, 0.2) is 48.5 Å². The summed E-state index contributed by atoms with van der Waals surface area (Å²) in [5, 5.41) is 0. The highest BCUT2D eigenvalue weighted by atomic mass is 14.3. The quantitative estimate of drug-likeness (QED) is 0.220. The maximum atomic E-state index is 2.44. The van der Waals surface area contributed by atoms with Crippen LogP contribution in [-0.2, 0) is 0 Å². The van der Waals surface area contributed by atoms with Gasteiger partial charge in [0.05, 0.1) is 0 Å². The van der Waals surface area contributed by atoms with Gasteiger partial charge in [0, 0.05) is 0 Å². The van der Waals surface area contributed by atoms with Crippen molar-refractivity contribution in [2.45, 2.75) is 148 Å². The minimum Gasteiger partial charge on any atom is -0.0654 e. The van der Waals surface area contributed by atoms with E-state index in [9.17, 15) is 0 Å². The molecule has 0 nitrogen and oxygen atoms in total.